The average Bonchev–Trinajstić information content (AvgIpc) is 2.59. The fourth-order valence-electron chi connectivity index (χ4n) is 3.24. The van der Waals surface area contributed by atoms with Gasteiger partial charge in [-0.05, 0) is 36.1 Å². The number of rotatable bonds is 5. The van der Waals surface area contributed by atoms with Crippen molar-refractivity contribution >= 4 is 27.3 Å². The van der Waals surface area contributed by atoms with Gasteiger partial charge >= 0.3 is 0 Å². The Morgan fingerprint density at radius 2 is 1.68 bits per heavy atom. The van der Waals surface area contributed by atoms with Crippen LogP contribution in [0.3, 0.4) is 0 Å². The number of piperidine rings is 1. The molecule has 0 aliphatic carbocycles. The van der Waals surface area contributed by atoms with Crippen LogP contribution in [0.2, 0.25) is 5.02 Å². The number of halogens is 1. The van der Waals surface area contributed by atoms with Gasteiger partial charge in [0.1, 0.15) is 5.25 Å². The number of carbonyl (C=O) groups excluding carboxylic acids is 1. The zero-order valence-electron chi connectivity index (χ0n) is 13.7. The minimum Gasteiger partial charge on any atom is -0.356 e. The number of benzene rings is 2. The van der Waals surface area contributed by atoms with Gasteiger partial charge in [-0.15, -0.1) is 0 Å². The first-order valence-corrected chi connectivity index (χ1v) is 10.4. The number of amides is 1. The monoisotopic (exact) mass is 377 g/mol. The highest BCUT2D eigenvalue weighted by Crippen LogP contribution is 2.33. The topological polar surface area (TPSA) is 63.2 Å². The Morgan fingerprint density at radius 3 is 2.32 bits per heavy atom. The van der Waals surface area contributed by atoms with E-state index in [2.05, 4.69) is 5.32 Å². The Morgan fingerprint density at radius 1 is 1.04 bits per heavy atom. The number of hydrogen-bond donors (Lipinski definition) is 1. The van der Waals surface area contributed by atoms with Gasteiger partial charge in [-0.25, -0.2) is 8.42 Å². The highest BCUT2D eigenvalue weighted by atomic mass is 35.5. The molecule has 1 N–H and O–H groups in total. The van der Waals surface area contributed by atoms with E-state index < -0.39 is 21.0 Å². The highest BCUT2D eigenvalue weighted by Gasteiger charge is 2.34. The van der Waals surface area contributed by atoms with Crippen molar-refractivity contribution in [3.05, 3.63) is 70.7 Å². The van der Waals surface area contributed by atoms with Crippen molar-refractivity contribution in [3.63, 3.8) is 0 Å². The molecule has 2 unspecified atom stereocenters. The first-order chi connectivity index (χ1) is 12.0. The number of sulfone groups is 1. The van der Waals surface area contributed by atoms with E-state index in [4.69, 9.17) is 11.6 Å². The minimum absolute atomic E-state index is 0.152. The van der Waals surface area contributed by atoms with E-state index in [1.165, 1.54) is 0 Å². The van der Waals surface area contributed by atoms with Gasteiger partial charge in [-0.1, -0.05) is 54.1 Å². The molecule has 1 heterocycles. The Bertz CT molecular complexity index is 835. The van der Waals surface area contributed by atoms with Crippen LogP contribution in [0.15, 0.2) is 54.6 Å². The van der Waals surface area contributed by atoms with Crippen molar-refractivity contribution in [2.24, 2.45) is 5.92 Å². The van der Waals surface area contributed by atoms with Crippen LogP contribution in [0.4, 0.5) is 0 Å². The predicted octanol–water partition coefficient (Wildman–Crippen LogP) is 3.37. The normalized spacial score (nSPS) is 19.2. The van der Waals surface area contributed by atoms with Crippen LogP contribution in [0.1, 0.15) is 29.2 Å². The minimum atomic E-state index is -3.58. The second-order valence-corrected chi connectivity index (χ2v) is 8.87. The van der Waals surface area contributed by atoms with Crippen LogP contribution >= 0.6 is 11.6 Å². The third-order valence-corrected chi connectivity index (χ3v) is 6.85. The summed E-state index contributed by atoms with van der Waals surface area (Å²) in [4.78, 5) is 12.0. The van der Waals surface area contributed by atoms with Crippen molar-refractivity contribution in [2.45, 2.75) is 18.1 Å². The molecule has 6 heteroatoms. The van der Waals surface area contributed by atoms with Crippen LogP contribution in [-0.2, 0) is 14.6 Å². The molecular weight excluding hydrogens is 358 g/mol. The summed E-state index contributed by atoms with van der Waals surface area (Å²) in [6.45, 7) is 0.620. The number of nitrogens with one attached hydrogen (secondary N) is 1. The van der Waals surface area contributed by atoms with Gasteiger partial charge < -0.3 is 5.32 Å². The second-order valence-electron chi connectivity index (χ2n) is 6.30. The summed E-state index contributed by atoms with van der Waals surface area (Å²) in [5.41, 5.74) is 1.35. The second kappa shape index (κ2) is 7.58. The average molecular weight is 378 g/mol. The number of hydrogen-bond acceptors (Lipinski definition) is 3. The maximum atomic E-state index is 13.2. The molecule has 1 aliphatic rings. The lowest BCUT2D eigenvalue weighted by atomic mass is 10.0. The van der Waals surface area contributed by atoms with Crippen LogP contribution in [0.25, 0.3) is 0 Å². The quantitative estimate of drug-likeness (QED) is 0.868. The standard InChI is InChI=1S/C19H20ClNO3S/c20-17-10-8-15(9-11-17)18(14-5-2-1-3-6-14)25(23,24)13-16-7-4-12-21-19(16)22/h1-3,5-6,8-11,16,18H,4,7,12-13H2,(H,21,22). The van der Waals surface area contributed by atoms with Crippen LogP contribution in [-0.4, -0.2) is 26.6 Å². The molecule has 25 heavy (non-hydrogen) atoms. The predicted molar refractivity (Wildman–Crippen MR) is 99.3 cm³/mol. The third kappa shape index (κ3) is 4.22. The summed E-state index contributed by atoms with van der Waals surface area (Å²) in [5.74, 6) is -0.809. The van der Waals surface area contributed by atoms with Gasteiger partial charge in [0.15, 0.2) is 9.84 Å². The fraction of sp³-hybridized carbons (Fsp3) is 0.316. The Balaban J connectivity index is 1.98. The molecule has 0 spiro atoms. The molecule has 132 valence electrons. The van der Waals surface area contributed by atoms with Gasteiger partial charge in [0.25, 0.3) is 0 Å². The van der Waals surface area contributed by atoms with Crippen molar-refractivity contribution in [1.82, 2.24) is 5.32 Å². The summed E-state index contributed by atoms with van der Waals surface area (Å²) in [7, 11) is -3.58. The fourth-order valence-corrected chi connectivity index (χ4v) is 5.58. The van der Waals surface area contributed by atoms with E-state index in [1.807, 2.05) is 18.2 Å². The van der Waals surface area contributed by atoms with Gasteiger partial charge in [-0.3, -0.25) is 4.79 Å². The number of carbonyl (C=O) groups is 1. The van der Waals surface area contributed by atoms with Gasteiger partial charge in [0, 0.05) is 11.6 Å². The van der Waals surface area contributed by atoms with Crippen LogP contribution in [0, 0.1) is 5.92 Å². The molecule has 1 aliphatic heterocycles. The molecule has 1 fully saturated rings. The van der Waals surface area contributed by atoms with E-state index in [1.54, 1.807) is 36.4 Å². The first kappa shape index (κ1) is 18.0. The van der Waals surface area contributed by atoms with Gasteiger partial charge in [-0.2, -0.15) is 0 Å². The molecule has 2 atom stereocenters. The van der Waals surface area contributed by atoms with Gasteiger partial charge in [0.2, 0.25) is 5.91 Å². The Hall–Kier alpha value is -1.85. The molecule has 3 rings (SSSR count). The maximum absolute atomic E-state index is 13.2. The Labute approximate surface area is 153 Å². The highest BCUT2D eigenvalue weighted by molar-refractivity contribution is 7.91. The van der Waals surface area contributed by atoms with E-state index in [9.17, 15) is 13.2 Å². The summed E-state index contributed by atoms with van der Waals surface area (Å²) < 4.78 is 26.4. The zero-order chi connectivity index (χ0) is 17.9. The lowest BCUT2D eigenvalue weighted by molar-refractivity contribution is -0.125. The summed E-state index contributed by atoms with van der Waals surface area (Å²) in [6.07, 6.45) is 1.41. The molecule has 1 amide bonds. The molecule has 0 bridgehead atoms. The van der Waals surface area contributed by atoms with Crippen molar-refractivity contribution in [1.29, 1.82) is 0 Å². The summed E-state index contributed by atoms with van der Waals surface area (Å²) in [5, 5.41) is 2.51. The van der Waals surface area contributed by atoms with E-state index in [-0.39, 0.29) is 11.7 Å². The van der Waals surface area contributed by atoms with Gasteiger partial charge in [0.05, 0.1) is 11.7 Å². The maximum Gasteiger partial charge on any atom is 0.224 e. The Kier molecular flexibility index (Phi) is 5.45. The third-order valence-electron chi connectivity index (χ3n) is 4.47. The smallest absolute Gasteiger partial charge is 0.224 e. The molecule has 0 saturated carbocycles. The van der Waals surface area contributed by atoms with E-state index >= 15 is 0 Å². The lowest BCUT2D eigenvalue weighted by Gasteiger charge is -2.25. The molecular formula is C19H20ClNO3S. The zero-order valence-corrected chi connectivity index (χ0v) is 15.3. The largest absolute Gasteiger partial charge is 0.356 e. The molecule has 4 nitrogen and oxygen atoms in total. The molecule has 0 aromatic heterocycles. The SMILES string of the molecule is O=C1NCCCC1CS(=O)(=O)C(c1ccccc1)c1ccc(Cl)cc1. The summed E-state index contributed by atoms with van der Waals surface area (Å²) >= 11 is 5.95. The van der Waals surface area contributed by atoms with Crippen LogP contribution in [0.5, 0.6) is 0 Å². The molecule has 1 saturated heterocycles. The molecule has 0 radical (unpaired) electrons. The van der Waals surface area contributed by atoms with Crippen molar-refractivity contribution in [2.75, 3.05) is 12.3 Å². The first-order valence-electron chi connectivity index (χ1n) is 8.27. The summed E-state index contributed by atoms with van der Waals surface area (Å²) in [6, 6.07) is 15.9. The molecule has 2 aromatic rings. The molecule has 2 aromatic carbocycles. The van der Waals surface area contributed by atoms with Crippen molar-refractivity contribution in [3.8, 4) is 0 Å². The van der Waals surface area contributed by atoms with E-state index in [0.717, 1.165) is 6.42 Å². The van der Waals surface area contributed by atoms with E-state index in [0.29, 0.717) is 29.1 Å². The van der Waals surface area contributed by atoms with Crippen LogP contribution < -0.4 is 5.32 Å². The lowest BCUT2D eigenvalue weighted by Crippen LogP contribution is -2.40. The van der Waals surface area contributed by atoms with Crippen molar-refractivity contribution < 1.29 is 13.2 Å².